The van der Waals surface area contributed by atoms with Gasteiger partial charge in [-0.3, -0.25) is 0 Å². The Morgan fingerprint density at radius 3 is 1.96 bits per heavy atom. The topological polar surface area (TPSA) is 20.2 Å². The molecule has 2 aromatic carbocycles. The molecular weight excluding hydrogens is 323 g/mol. The Morgan fingerprint density at radius 2 is 1.43 bits per heavy atom. The van der Waals surface area contributed by atoms with Crippen molar-refractivity contribution in [1.82, 2.24) is 0 Å². The van der Waals surface area contributed by atoms with Crippen molar-refractivity contribution in [3.05, 3.63) is 53.6 Å². The second-order valence-corrected chi connectivity index (χ2v) is 10.0. The minimum Gasteiger partial charge on any atom is -0.356 e. The molecule has 0 aliphatic carbocycles. The standard InChI is InChI=1S/C20H26ClOP/c1-19(2,3)14-11-12-15(17(13-14)20(4,5)6)16-9-7-8-10-18(16)23(21)22/h7-13,22H,1-6H3. The van der Waals surface area contributed by atoms with Crippen LogP contribution in [0.2, 0.25) is 0 Å². The molecule has 0 saturated heterocycles. The zero-order valence-corrected chi connectivity index (χ0v) is 16.5. The second-order valence-electron chi connectivity index (χ2n) is 8.04. The Hall–Kier alpha value is -0.880. The smallest absolute Gasteiger partial charge is 0.155 e. The van der Waals surface area contributed by atoms with Crippen LogP contribution < -0.4 is 5.30 Å². The molecule has 0 aliphatic rings. The Balaban J connectivity index is 2.74. The maximum atomic E-state index is 9.97. The van der Waals surface area contributed by atoms with Crippen molar-refractivity contribution in [1.29, 1.82) is 0 Å². The van der Waals surface area contributed by atoms with Gasteiger partial charge in [-0.05, 0) is 33.1 Å². The van der Waals surface area contributed by atoms with Gasteiger partial charge in [-0.1, -0.05) is 95.2 Å². The van der Waals surface area contributed by atoms with Crippen LogP contribution in [0.25, 0.3) is 11.1 Å². The molecule has 0 bridgehead atoms. The molecule has 0 radical (unpaired) electrons. The van der Waals surface area contributed by atoms with Crippen molar-refractivity contribution >= 4 is 24.0 Å². The fourth-order valence-corrected chi connectivity index (χ4v) is 3.77. The Bertz CT molecular complexity index is 694. The Morgan fingerprint density at radius 1 is 0.826 bits per heavy atom. The van der Waals surface area contributed by atoms with Crippen molar-refractivity contribution < 1.29 is 4.89 Å². The van der Waals surface area contributed by atoms with Gasteiger partial charge in [0.25, 0.3) is 0 Å². The van der Waals surface area contributed by atoms with Gasteiger partial charge < -0.3 is 4.89 Å². The highest BCUT2D eigenvalue weighted by molar-refractivity contribution is 7.85. The van der Waals surface area contributed by atoms with E-state index < -0.39 is 7.50 Å². The summed E-state index contributed by atoms with van der Waals surface area (Å²) in [4.78, 5) is 9.97. The lowest BCUT2D eigenvalue weighted by Crippen LogP contribution is -2.18. The van der Waals surface area contributed by atoms with E-state index in [9.17, 15) is 4.89 Å². The predicted molar refractivity (Wildman–Crippen MR) is 104 cm³/mol. The molecule has 124 valence electrons. The predicted octanol–water partition coefficient (Wildman–Crippen LogP) is 6.12. The third-order valence-corrected chi connectivity index (χ3v) is 5.42. The maximum Gasteiger partial charge on any atom is 0.155 e. The average Bonchev–Trinajstić information content (AvgIpc) is 2.44. The van der Waals surface area contributed by atoms with E-state index in [1.165, 1.54) is 11.1 Å². The molecular formula is C20H26ClOP. The molecule has 23 heavy (non-hydrogen) atoms. The fraction of sp³-hybridized carbons (Fsp3) is 0.400. The molecule has 1 unspecified atom stereocenters. The largest absolute Gasteiger partial charge is 0.356 e. The van der Waals surface area contributed by atoms with Gasteiger partial charge in [-0.2, -0.15) is 0 Å². The molecule has 0 spiro atoms. The van der Waals surface area contributed by atoms with Crippen LogP contribution >= 0.6 is 18.7 Å². The summed E-state index contributed by atoms with van der Waals surface area (Å²) >= 11 is 6.05. The maximum absolute atomic E-state index is 9.97. The van der Waals surface area contributed by atoms with E-state index in [2.05, 4.69) is 59.7 Å². The van der Waals surface area contributed by atoms with Crippen LogP contribution in [-0.2, 0) is 10.8 Å². The molecule has 0 amide bonds. The summed E-state index contributed by atoms with van der Waals surface area (Å²) in [6, 6.07) is 14.6. The first-order chi connectivity index (χ1) is 10.5. The molecule has 3 heteroatoms. The number of rotatable bonds is 2. The molecule has 1 atom stereocenters. The van der Waals surface area contributed by atoms with Gasteiger partial charge in [0.1, 0.15) is 0 Å². The van der Waals surface area contributed by atoms with Crippen molar-refractivity contribution in [3.63, 3.8) is 0 Å². The Kier molecular flexibility index (Phi) is 5.26. The fourth-order valence-electron chi connectivity index (χ4n) is 2.73. The van der Waals surface area contributed by atoms with Crippen molar-refractivity contribution in [2.45, 2.75) is 52.4 Å². The second kappa shape index (κ2) is 6.55. The number of benzene rings is 2. The van der Waals surface area contributed by atoms with Crippen molar-refractivity contribution in [2.24, 2.45) is 0 Å². The van der Waals surface area contributed by atoms with E-state index in [0.717, 1.165) is 16.4 Å². The highest BCUT2D eigenvalue weighted by Gasteiger charge is 2.24. The van der Waals surface area contributed by atoms with Gasteiger partial charge in [0, 0.05) is 5.30 Å². The van der Waals surface area contributed by atoms with E-state index in [0.29, 0.717) is 0 Å². The monoisotopic (exact) mass is 348 g/mol. The lowest BCUT2D eigenvalue weighted by atomic mass is 9.77. The molecule has 2 rings (SSSR count). The first kappa shape index (κ1) is 18.5. The minimum absolute atomic E-state index is 0.00816. The normalized spacial score (nSPS) is 13.9. The zero-order valence-electron chi connectivity index (χ0n) is 14.8. The molecule has 0 aliphatic heterocycles. The van der Waals surface area contributed by atoms with Crippen LogP contribution in [-0.4, -0.2) is 4.89 Å². The quantitative estimate of drug-likeness (QED) is 0.648. The molecule has 0 heterocycles. The van der Waals surface area contributed by atoms with Gasteiger partial charge in [0.15, 0.2) is 7.50 Å². The highest BCUT2D eigenvalue weighted by Crippen LogP contribution is 2.42. The van der Waals surface area contributed by atoms with Crippen LogP contribution in [0.1, 0.15) is 52.7 Å². The van der Waals surface area contributed by atoms with E-state index >= 15 is 0 Å². The number of hydrogen-bond acceptors (Lipinski definition) is 1. The SMILES string of the molecule is CC(C)(C)c1ccc(-c2ccccc2P(O)Cl)c(C(C)(C)C)c1. The summed E-state index contributed by atoms with van der Waals surface area (Å²) in [6.07, 6.45) is 0. The van der Waals surface area contributed by atoms with Crippen LogP contribution in [0, 0.1) is 0 Å². The summed E-state index contributed by atoms with van der Waals surface area (Å²) in [5, 5.41) is 0.818. The molecule has 1 N–H and O–H groups in total. The first-order valence-corrected chi connectivity index (χ1v) is 10.1. The Labute approximate surface area is 146 Å². The molecule has 0 saturated carbocycles. The van der Waals surface area contributed by atoms with Gasteiger partial charge in [0.2, 0.25) is 0 Å². The lowest BCUT2D eigenvalue weighted by molar-refractivity contribution is 0.570. The molecule has 1 nitrogen and oxygen atoms in total. The third-order valence-electron chi connectivity index (χ3n) is 4.09. The van der Waals surface area contributed by atoms with Crippen LogP contribution in [0.15, 0.2) is 42.5 Å². The summed E-state index contributed by atoms with van der Waals surface area (Å²) < 4.78 is 0. The minimum atomic E-state index is -1.65. The van der Waals surface area contributed by atoms with E-state index in [-0.39, 0.29) is 10.8 Å². The van der Waals surface area contributed by atoms with Crippen LogP contribution in [0.5, 0.6) is 0 Å². The van der Waals surface area contributed by atoms with E-state index in [1.54, 1.807) is 0 Å². The summed E-state index contributed by atoms with van der Waals surface area (Å²) in [6.45, 7) is 13.4. The number of halogens is 1. The highest BCUT2D eigenvalue weighted by atomic mass is 35.7. The van der Waals surface area contributed by atoms with Crippen LogP contribution in [0.3, 0.4) is 0 Å². The number of hydrogen-bond donors (Lipinski definition) is 1. The van der Waals surface area contributed by atoms with Crippen molar-refractivity contribution in [2.75, 3.05) is 0 Å². The first-order valence-electron chi connectivity index (χ1n) is 7.91. The average molecular weight is 349 g/mol. The van der Waals surface area contributed by atoms with E-state index in [4.69, 9.17) is 11.2 Å². The summed E-state index contributed by atoms with van der Waals surface area (Å²) in [5.74, 6) is 0. The van der Waals surface area contributed by atoms with E-state index in [1.807, 2.05) is 24.3 Å². The van der Waals surface area contributed by atoms with Gasteiger partial charge in [-0.25, -0.2) is 0 Å². The summed E-state index contributed by atoms with van der Waals surface area (Å²) in [7, 11) is -1.65. The third kappa shape index (κ3) is 4.15. The van der Waals surface area contributed by atoms with Crippen LogP contribution in [0.4, 0.5) is 0 Å². The van der Waals surface area contributed by atoms with Crippen molar-refractivity contribution in [3.8, 4) is 11.1 Å². The van der Waals surface area contributed by atoms with Gasteiger partial charge >= 0.3 is 0 Å². The molecule has 2 aromatic rings. The lowest BCUT2D eigenvalue weighted by Gasteiger charge is -2.28. The molecule has 0 fully saturated rings. The van der Waals surface area contributed by atoms with Gasteiger partial charge in [-0.15, -0.1) is 0 Å². The summed E-state index contributed by atoms with van der Waals surface area (Å²) in [5.41, 5.74) is 4.90. The zero-order chi connectivity index (χ0) is 17.4. The van der Waals surface area contributed by atoms with Gasteiger partial charge in [0.05, 0.1) is 0 Å². The molecule has 0 aromatic heterocycles.